The number of carboxylic acid groups (broad SMARTS) is 1. The summed E-state index contributed by atoms with van der Waals surface area (Å²) in [4.78, 5) is 21.6. The molecule has 4 N–H and O–H groups in total. The maximum absolute atomic E-state index is 10.9. The Morgan fingerprint density at radius 1 is 1.31 bits per heavy atom. The number of hydrogen-bond acceptors (Lipinski definition) is 4. The van der Waals surface area contributed by atoms with Gasteiger partial charge in [0, 0.05) is 13.0 Å². The number of rotatable bonds is 9. The van der Waals surface area contributed by atoms with Crippen LogP contribution >= 0.6 is 0 Å². The molecule has 1 amide bonds. The molecule has 16 heavy (non-hydrogen) atoms. The molecular weight excluding hydrogens is 212 g/mol. The molecule has 0 bridgehead atoms. The Kier molecular flexibility index (Phi) is 8.46. The molecule has 0 aliphatic carbocycles. The van der Waals surface area contributed by atoms with E-state index in [1.165, 1.54) is 0 Å². The summed E-state index contributed by atoms with van der Waals surface area (Å²) in [6.45, 7) is 0.377. The summed E-state index contributed by atoms with van der Waals surface area (Å²) in [5.74, 6) is -1.03. The van der Waals surface area contributed by atoms with Crippen LogP contribution in [0.1, 0.15) is 25.7 Å². The second-order valence-electron chi connectivity index (χ2n) is 3.50. The van der Waals surface area contributed by atoms with Crippen LogP contribution in [0.4, 0.5) is 0 Å². The Labute approximate surface area is 95.0 Å². The van der Waals surface area contributed by atoms with E-state index in [0.717, 1.165) is 12.8 Å². The highest BCUT2D eigenvalue weighted by Gasteiger charge is 2.13. The van der Waals surface area contributed by atoms with Crippen molar-refractivity contribution in [2.45, 2.75) is 31.7 Å². The first-order valence-corrected chi connectivity index (χ1v) is 5.39. The average Bonchev–Trinajstić information content (AvgIpc) is 2.23. The van der Waals surface area contributed by atoms with Gasteiger partial charge in [-0.1, -0.05) is 0 Å². The lowest BCUT2D eigenvalue weighted by atomic mass is 10.1. The van der Waals surface area contributed by atoms with Crippen molar-refractivity contribution in [3.05, 3.63) is 0 Å². The third-order valence-corrected chi connectivity index (χ3v) is 2.23. The Balaban J connectivity index is 3.45. The van der Waals surface area contributed by atoms with Gasteiger partial charge >= 0.3 is 5.97 Å². The highest BCUT2D eigenvalue weighted by atomic mass is 16.4. The Morgan fingerprint density at radius 2 is 2.00 bits per heavy atom. The number of likely N-dealkylation sites (N-methyl/N-ethyl adjacent to an activating group) is 1. The molecule has 0 saturated heterocycles. The fraction of sp³-hybridized carbons (Fsp3) is 0.800. The van der Waals surface area contributed by atoms with Crippen LogP contribution in [-0.4, -0.2) is 48.3 Å². The van der Waals surface area contributed by atoms with Gasteiger partial charge in [0.05, 0.1) is 6.61 Å². The highest BCUT2D eigenvalue weighted by Crippen LogP contribution is 2.00. The summed E-state index contributed by atoms with van der Waals surface area (Å²) in [7, 11) is 1.61. The Bertz CT molecular complexity index is 221. The third kappa shape index (κ3) is 7.19. The number of carboxylic acids is 1. The SMILES string of the molecule is CN[C@@H](CCCCNC(=O)CCO)C(=O)O. The van der Waals surface area contributed by atoms with Gasteiger partial charge in [0.2, 0.25) is 5.91 Å². The summed E-state index contributed by atoms with van der Waals surface area (Å²) < 4.78 is 0. The minimum Gasteiger partial charge on any atom is -0.480 e. The molecule has 6 nitrogen and oxygen atoms in total. The molecule has 0 aromatic heterocycles. The highest BCUT2D eigenvalue weighted by molar-refractivity contribution is 5.75. The van der Waals surface area contributed by atoms with Crippen molar-refractivity contribution < 1.29 is 19.8 Å². The van der Waals surface area contributed by atoms with Crippen LogP contribution in [0.15, 0.2) is 0 Å². The summed E-state index contributed by atoms with van der Waals surface area (Å²) in [6, 6.07) is -0.520. The Hall–Kier alpha value is -1.14. The number of aliphatic hydroxyl groups excluding tert-OH is 1. The molecule has 0 rings (SSSR count). The van der Waals surface area contributed by atoms with E-state index in [0.29, 0.717) is 13.0 Å². The average molecular weight is 232 g/mol. The minimum atomic E-state index is -0.855. The Morgan fingerprint density at radius 3 is 2.50 bits per heavy atom. The zero-order valence-corrected chi connectivity index (χ0v) is 9.53. The minimum absolute atomic E-state index is 0.119. The molecule has 0 saturated carbocycles. The fourth-order valence-corrected chi connectivity index (χ4v) is 1.28. The number of aliphatic hydroxyl groups is 1. The van der Waals surface area contributed by atoms with Gasteiger partial charge in [-0.15, -0.1) is 0 Å². The molecule has 6 heteroatoms. The van der Waals surface area contributed by atoms with Crippen LogP contribution < -0.4 is 10.6 Å². The molecule has 0 aromatic carbocycles. The second kappa shape index (κ2) is 9.11. The number of nitrogens with one attached hydrogen (secondary N) is 2. The summed E-state index contributed by atoms with van der Waals surface area (Å²) in [6.07, 6.45) is 2.13. The van der Waals surface area contributed by atoms with E-state index in [4.69, 9.17) is 10.2 Å². The lowest BCUT2D eigenvalue weighted by Gasteiger charge is -2.10. The normalized spacial score (nSPS) is 12.1. The smallest absolute Gasteiger partial charge is 0.320 e. The quantitative estimate of drug-likeness (QED) is 0.395. The van der Waals surface area contributed by atoms with Crippen molar-refractivity contribution in [1.82, 2.24) is 10.6 Å². The monoisotopic (exact) mass is 232 g/mol. The lowest BCUT2D eigenvalue weighted by molar-refractivity contribution is -0.139. The van der Waals surface area contributed by atoms with Gasteiger partial charge < -0.3 is 20.8 Å². The van der Waals surface area contributed by atoms with E-state index < -0.39 is 12.0 Å². The topological polar surface area (TPSA) is 98.7 Å². The number of aliphatic carboxylic acids is 1. The number of carbonyl (C=O) groups is 2. The molecule has 0 fully saturated rings. The first-order valence-electron chi connectivity index (χ1n) is 5.39. The predicted octanol–water partition coefficient (Wildman–Crippen LogP) is -0.672. The van der Waals surface area contributed by atoms with Crippen LogP contribution in [0.25, 0.3) is 0 Å². The molecule has 0 spiro atoms. The van der Waals surface area contributed by atoms with Crippen LogP contribution in [0, 0.1) is 0 Å². The number of amides is 1. The largest absolute Gasteiger partial charge is 0.480 e. The van der Waals surface area contributed by atoms with E-state index >= 15 is 0 Å². The molecule has 0 aliphatic heterocycles. The zero-order chi connectivity index (χ0) is 12.4. The van der Waals surface area contributed by atoms with Gasteiger partial charge in [0.15, 0.2) is 0 Å². The van der Waals surface area contributed by atoms with Gasteiger partial charge in [-0.3, -0.25) is 9.59 Å². The molecule has 1 atom stereocenters. The van der Waals surface area contributed by atoms with Crippen molar-refractivity contribution in [2.24, 2.45) is 0 Å². The van der Waals surface area contributed by atoms with E-state index in [9.17, 15) is 9.59 Å². The predicted molar refractivity (Wildman–Crippen MR) is 59.0 cm³/mol. The maximum Gasteiger partial charge on any atom is 0.320 e. The van der Waals surface area contributed by atoms with Crippen LogP contribution in [0.3, 0.4) is 0 Å². The standard InChI is InChI=1S/C10H20N2O4/c1-11-8(10(15)16)4-2-3-6-12-9(14)5-7-13/h8,11,13H,2-7H2,1H3,(H,12,14)(H,15,16)/t8-/m0/s1. The van der Waals surface area contributed by atoms with Gasteiger partial charge in [-0.25, -0.2) is 0 Å². The number of unbranched alkanes of at least 4 members (excludes halogenated alkanes) is 1. The van der Waals surface area contributed by atoms with Crippen molar-refractivity contribution in [1.29, 1.82) is 0 Å². The first-order chi connectivity index (χ1) is 7.61. The van der Waals surface area contributed by atoms with Crippen molar-refractivity contribution in [3.63, 3.8) is 0 Å². The van der Waals surface area contributed by atoms with Gasteiger partial charge in [-0.2, -0.15) is 0 Å². The van der Waals surface area contributed by atoms with Crippen LogP contribution in [0.5, 0.6) is 0 Å². The van der Waals surface area contributed by atoms with Gasteiger partial charge in [0.25, 0.3) is 0 Å². The molecule has 94 valence electrons. The molecule has 0 aromatic rings. The molecule has 0 heterocycles. The summed E-state index contributed by atoms with van der Waals surface area (Å²) >= 11 is 0. The third-order valence-electron chi connectivity index (χ3n) is 2.23. The molecular formula is C10H20N2O4. The fourth-order valence-electron chi connectivity index (χ4n) is 1.28. The van der Waals surface area contributed by atoms with E-state index in [2.05, 4.69) is 10.6 Å². The van der Waals surface area contributed by atoms with Crippen molar-refractivity contribution >= 4 is 11.9 Å². The molecule has 0 unspecified atom stereocenters. The van der Waals surface area contributed by atoms with E-state index in [1.807, 2.05) is 0 Å². The summed E-state index contributed by atoms with van der Waals surface area (Å²) in [5.41, 5.74) is 0. The molecule has 0 aliphatic rings. The molecule has 0 radical (unpaired) electrons. The number of carbonyl (C=O) groups excluding carboxylic acids is 1. The van der Waals surface area contributed by atoms with Crippen molar-refractivity contribution in [2.75, 3.05) is 20.2 Å². The van der Waals surface area contributed by atoms with Crippen LogP contribution in [-0.2, 0) is 9.59 Å². The van der Waals surface area contributed by atoms with Crippen molar-refractivity contribution in [3.8, 4) is 0 Å². The zero-order valence-electron chi connectivity index (χ0n) is 9.53. The van der Waals surface area contributed by atoms with Gasteiger partial charge in [-0.05, 0) is 26.3 Å². The summed E-state index contributed by atoms with van der Waals surface area (Å²) in [5, 5.41) is 22.5. The maximum atomic E-state index is 10.9. The van der Waals surface area contributed by atoms with E-state index in [-0.39, 0.29) is 18.9 Å². The first kappa shape index (κ1) is 14.9. The second-order valence-corrected chi connectivity index (χ2v) is 3.50. The van der Waals surface area contributed by atoms with Crippen LogP contribution in [0.2, 0.25) is 0 Å². The van der Waals surface area contributed by atoms with Gasteiger partial charge in [0.1, 0.15) is 6.04 Å². The van der Waals surface area contributed by atoms with E-state index in [1.54, 1.807) is 7.05 Å². The number of hydrogen-bond donors (Lipinski definition) is 4. The lowest BCUT2D eigenvalue weighted by Crippen LogP contribution is -2.33.